The average molecular weight is 264 g/mol. The molecule has 106 valence electrons. The quantitative estimate of drug-likeness (QED) is 0.612. The van der Waals surface area contributed by atoms with Gasteiger partial charge in [-0.05, 0) is 43.4 Å². The lowest BCUT2D eigenvalue weighted by atomic mass is 9.96. The summed E-state index contributed by atoms with van der Waals surface area (Å²) in [6.45, 7) is 3.69. The molecule has 0 bridgehead atoms. The molecule has 2 unspecified atom stereocenters. The Morgan fingerprint density at radius 1 is 1.37 bits per heavy atom. The molecule has 0 saturated carbocycles. The molecule has 3 N–H and O–H groups in total. The van der Waals surface area contributed by atoms with E-state index in [9.17, 15) is 0 Å². The summed E-state index contributed by atoms with van der Waals surface area (Å²) in [6.07, 6.45) is 4.60. The van der Waals surface area contributed by atoms with Crippen molar-refractivity contribution in [1.82, 2.24) is 5.43 Å². The van der Waals surface area contributed by atoms with E-state index < -0.39 is 0 Å². The van der Waals surface area contributed by atoms with Gasteiger partial charge in [0.25, 0.3) is 0 Å². The molecule has 1 aliphatic heterocycles. The first-order valence-electron chi connectivity index (χ1n) is 7.15. The van der Waals surface area contributed by atoms with Crippen LogP contribution in [-0.4, -0.2) is 19.3 Å². The molecule has 0 radical (unpaired) electrons. The van der Waals surface area contributed by atoms with Gasteiger partial charge in [-0.25, -0.2) is 0 Å². The molecule has 1 heterocycles. The summed E-state index contributed by atoms with van der Waals surface area (Å²) in [7, 11) is 0. The van der Waals surface area contributed by atoms with Gasteiger partial charge in [0, 0.05) is 6.61 Å². The van der Waals surface area contributed by atoms with Crippen molar-refractivity contribution in [2.24, 2.45) is 5.84 Å². The fourth-order valence-electron chi connectivity index (χ4n) is 2.44. The lowest BCUT2D eigenvalue weighted by Crippen LogP contribution is -2.39. The van der Waals surface area contributed by atoms with Crippen LogP contribution < -0.4 is 16.0 Å². The number of benzene rings is 1. The van der Waals surface area contributed by atoms with Crippen LogP contribution in [0, 0.1) is 0 Å². The van der Waals surface area contributed by atoms with Crippen LogP contribution in [0.25, 0.3) is 0 Å². The third-order valence-corrected chi connectivity index (χ3v) is 3.48. The summed E-state index contributed by atoms with van der Waals surface area (Å²) in [5, 5.41) is 0. The number of hydrogen-bond acceptors (Lipinski definition) is 4. The molecule has 19 heavy (non-hydrogen) atoms. The molecule has 0 spiro atoms. The maximum Gasteiger partial charge on any atom is 0.119 e. The highest BCUT2D eigenvalue weighted by Crippen LogP contribution is 2.27. The van der Waals surface area contributed by atoms with E-state index in [-0.39, 0.29) is 12.1 Å². The van der Waals surface area contributed by atoms with E-state index in [1.807, 2.05) is 12.1 Å². The van der Waals surface area contributed by atoms with Gasteiger partial charge in [-0.3, -0.25) is 11.3 Å². The number of nitrogens with two attached hydrogens (primary N) is 1. The molecule has 1 fully saturated rings. The number of hydrazine groups is 1. The Bertz CT molecular complexity index is 361. The summed E-state index contributed by atoms with van der Waals surface area (Å²) in [5.41, 5.74) is 4.04. The van der Waals surface area contributed by atoms with E-state index in [0.29, 0.717) is 0 Å². The highest BCUT2D eigenvalue weighted by molar-refractivity contribution is 5.29. The fourth-order valence-corrected chi connectivity index (χ4v) is 2.44. The summed E-state index contributed by atoms with van der Waals surface area (Å²) < 4.78 is 11.4. The molecule has 1 aliphatic rings. The van der Waals surface area contributed by atoms with E-state index in [2.05, 4.69) is 24.5 Å². The predicted molar refractivity (Wildman–Crippen MR) is 75.9 cm³/mol. The van der Waals surface area contributed by atoms with Gasteiger partial charge in [0.1, 0.15) is 5.75 Å². The van der Waals surface area contributed by atoms with Crippen LogP contribution in [-0.2, 0) is 4.74 Å². The molecule has 4 heteroatoms. The lowest BCUT2D eigenvalue weighted by molar-refractivity contribution is -0.00822. The first-order chi connectivity index (χ1) is 9.35. The van der Waals surface area contributed by atoms with Crippen LogP contribution in [0.2, 0.25) is 0 Å². The molecule has 1 aromatic carbocycles. The minimum atomic E-state index is 0.0560. The maximum atomic E-state index is 5.81. The highest BCUT2D eigenvalue weighted by Gasteiger charge is 2.24. The molecule has 0 aromatic heterocycles. The number of nitrogens with one attached hydrogen (secondary N) is 1. The van der Waals surface area contributed by atoms with Crippen LogP contribution in [0.3, 0.4) is 0 Å². The summed E-state index contributed by atoms with van der Waals surface area (Å²) in [5.74, 6) is 6.60. The minimum absolute atomic E-state index is 0.0560. The van der Waals surface area contributed by atoms with Crippen molar-refractivity contribution in [2.75, 3.05) is 13.2 Å². The second-order valence-electron chi connectivity index (χ2n) is 4.97. The smallest absolute Gasteiger partial charge is 0.119 e. The Hall–Kier alpha value is -1.10. The monoisotopic (exact) mass is 264 g/mol. The van der Waals surface area contributed by atoms with Crippen molar-refractivity contribution in [3.63, 3.8) is 0 Å². The lowest BCUT2D eigenvalue weighted by Gasteiger charge is -2.30. The van der Waals surface area contributed by atoms with Gasteiger partial charge in [0.05, 0.1) is 18.8 Å². The van der Waals surface area contributed by atoms with Crippen molar-refractivity contribution < 1.29 is 9.47 Å². The normalized spacial score (nSPS) is 21.1. The van der Waals surface area contributed by atoms with Gasteiger partial charge in [-0.15, -0.1) is 0 Å². The van der Waals surface area contributed by atoms with Crippen molar-refractivity contribution >= 4 is 0 Å². The van der Waals surface area contributed by atoms with E-state index in [1.165, 1.54) is 6.42 Å². The molecule has 1 aromatic rings. The molecule has 0 aliphatic carbocycles. The molecule has 2 rings (SSSR count). The molecule has 0 amide bonds. The van der Waals surface area contributed by atoms with Gasteiger partial charge < -0.3 is 9.47 Å². The molecule has 1 saturated heterocycles. The van der Waals surface area contributed by atoms with E-state index in [1.54, 1.807) is 0 Å². The van der Waals surface area contributed by atoms with Gasteiger partial charge in [0.2, 0.25) is 0 Å². The maximum absolute atomic E-state index is 5.81. The van der Waals surface area contributed by atoms with Crippen LogP contribution in [0.1, 0.15) is 44.2 Å². The summed E-state index contributed by atoms with van der Waals surface area (Å²) in [4.78, 5) is 0. The number of ether oxygens (including phenoxy) is 2. The molecule has 4 nitrogen and oxygen atoms in total. The largest absolute Gasteiger partial charge is 0.494 e. The van der Waals surface area contributed by atoms with E-state index in [0.717, 1.165) is 43.8 Å². The van der Waals surface area contributed by atoms with E-state index >= 15 is 0 Å². The van der Waals surface area contributed by atoms with Crippen LogP contribution in [0.4, 0.5) is 0 Å². The second-order valence-corrected chi connectivity index (χ2v) is 4.97. The minimum Gasteiger partial charge on any atom is -0.494 e. The topological polar surface area (TPSA) is 56.5 Å². The Morgan fingerprint density at radius 3 is 2.74 bits per heavy atom. The van der Waals surface area contributed by atoms with Crippen molar-refractivity contribution in [3.05, 3.63) is 29.8 Å². The predicted octanol–water partition coefficient (Wildman–Crippen LogP) is 2.55. The standard InChI is InChI=1S/C15H24N2O2/c1-2-10-18-13-8-6-12(7-9-13)15(17-16)14-5-3-4-11-19-14/h6-9,14-15,17H,2-5,10-11,16H2,1H3. The Balaban J connectivity index is 2.01. The Labute approximate surface area is 115 Å². The first-order valence-corrected chi connectivity index (χ1v) is 7.15. The summed E-state index contributed by atoms with van der Waals surface area (Å²) >= 11 is 0. The third-order valence-electron chi connectivity index (χ3n) is 3.48. The van der Waals surface area contributed by atoms with Gasteiger partial charge in [-0.1, -0.05) is 19.1 Å². The van der Waals surface area contributed by atoms with Crippen molar-refractivity contribution in [1.29, 1.82) is 0 Å². The second kappa shape index (κ2) is 7.48. The highest BCUT2D eigenvalue weighted by atomic mass is 16.5. The zero-order valence-electron chi connectivity index (χ0n) is 11.6. The molecular weight excluding hydrogens is 240 g/mol. The third kappa shape index (κ3) is 3.93. The Morgan fingerprint density at radius 2 is 2.16 bits per heavy atom. The number of hydrogen-bond donors (Lipinski definition) is 2. The van der Waals surface area contributed by atoms with Crippen LogP contribution in [0.15, 0.2) is 24.3 Å². The van der Waals surface area contributed by atoms with Crippen LogP contribution >= 0.6 is 0 Å². The van der Waals surface area contributed by atoms with E-state index in [4.69, 9.17) is 15.3 Å². The summed E-state index contributed by atoms with van der Waals surface area (Å²) in [6, 6.07) is 8.18. The average Bonchev–Trinajstić information content (AvgIpc) is 2.48. The van der Waals surface area contributed by atoms with Gasteiger partial charge >= 0.3 is 0 Å². The Kier molecular flexibility index (Phi) is 5.63. The molecule has 2 atom stereocenters. The van der Waals surface area contributed by atoms with Crippen molar-refractivity contribution in [2.45, 2.75) is 44.8 Å². The first kappa shape index (κ1) is 14.3. The van der Waals surface area contributed by atoms with Gasteiger partial charge in [-0.2, -0.15) is 0 Å². The molecular formula is C15H24N2O2. The van der Waals surface area contributed by atoms with Crippen LogP contribution in [0.5, 0.6) is 5.75 Å². The fraction of sp³-hybridized carbons (Fsp3) is 0.600. The van der Waals surface area contributed by atoms with Gasteiger partial charge in [0.15, 0.2) is 0 Å². The van der Waals surface area contributed by atoms with Crippen molar-refractivity contribution in [3.8, 4) is 5.75 Å². The SMILES string of the molecule is CCCOc1ccc(C(NN)C2CCCCO2)cc1. The zero-order chi connectivity index (χ0) is 13.5. The zero-order valence-corrected chi connectivity index (χ0v) is 11.6. The number of rotatable bonds is 6.